The third kappa shape index (κ3) is 7.93. The van der Waals surface area contributed by atoms with E-state index >= 15 is 0 Å². The summed E-state index contributed by atoms with van der Waals surface area (Å²) in [5, 5.41) is 16.7. The molecule has 10 heteroatoms. The van der Waals surface area contributed by atoms with Gasteiger partial charge in [0.25, 0.3) is 0 Å². The standard InChI is InChI=1S/C27H32F2N4O4/c1-3-18-6-5-7-19(10-18)15-30-16-24(34)23(13-20-11-21(28)14-22(29)12-20)31-25(35)17-33-9-8-32(4-2)26(36)27(33)37/h5-12,14,23-24,30,34H,3-4,13,15-17H2,1-2H3,(H,31,35)/t23-,24-/m0/s1. The van der Waals surface area contributed by atoms with Crippen LogP contribution in [0.4, 0.5) is 8.78 Å². The van der Waals surface area contributed by atoms with Gasteiger partial charge in [-0.25, -0.2) is 8.78 Å². The minimum atomic E-state index is -1.12. The predicted molar refractivity (Wildman–Crippen MR) is 136 cm³/mol. The van der Waals surface area contributed by atoms with Crippen molar-refractivity contribution in [3.8, 4) is 0 Å². The quantitative estimate of drug-likeness (QED) is 0.320. The number of aryl methyl sites for hydroxylation is 2. The summed E-state index contributed by atoms with van der Waals surface area (Å²) in [5.74, 6) is -2.18. The van der Waals surface area contributed by atoms with Crippen LogP contribution in [0, 0.1) is 11.6 Å². The highest BCUT2D eigenvalue weighted by Gasteiger charge is 2.23. The van der Waals surface area contributed by atoms with Crippen LogP contribution in [0.5, 0.6) is 0 Å². The summed E-state index contributed by atoms with van der Waals surface area (Å²) in [6.45, 7) is 4.20. The number of carbonyl (C=O) groups is 1. The molecule has 0 fully saturated rings. The molecule has 8 nitrogen and oxygen atoms in total. The number of nitrogens with one attached hydrogen (secondary N) is 2. The molecular weight excluding hydrogens is 482 g/mol. The second kappa shape index (κ2) is 13.1. The van der Waals surface area contributed by atoms with E-state index in [0.29, 0.717) is 13.1 Å². The van der Waals surface area contributed by atoms with Crippen LogP contribution in [0.2, 0.25) is 0 Å². The summed E-state index contributed by atoms with van der Waals surface area (Å²) in [6, 6.07) is 10.1. The SMILES string of the molecule is CCc1cccc(CNC[C@H](O)[C@H](Cc2cc(F)cc(F)c2)NC(=O)Cn2ccn(CC)c(=O)c2=O)c1. The lowest BCUT2D eigenvalue weighted by Gasteiger charge is -2.25. The Morgan fingerprint density at radius 1 is 0.946 bits per heavy atom. The molecule has 1 heterocycles. The van der Waals surface area contributed by atoms with Gasteiger partial charge in [-0.3, -0.25) is 19.0 Å². The Hall–Kier alpha value is -3.63. The Labute approximate surface area is 213 Å². The molecule has 0 spiro atoms. The monoisotopic (exact) mass is 514 g/mol. The molecule has 37 heavy (non-hydrogen) atoms. The van der Waals surface area contributed by atoms with E-state index in [4.69, 9.17) is 0 Å². The van der Waals surface area contributed by atoms with Gasteiger partial charge in [-0.2, -0.15) is 0 Å². The number of benzene rings is 2. The molecule has 0 aliphatic carbocycles. The molecule has 1 amide bonds. The first-order valence-electron chi connectivity index (χ1n) is 12.2. The Balaban J connectivity index is 1.72. The average molecular weight is 515 g/mol. The highest BCUT2D eigenvalue weighted by molar-refractivity contribution is 5.76. The number of rotatable bonds is 12. The number of nitrogens with zero attached hydrogens (tertiary/aromatic N) is 2. The second-order valence-electron chi connectivity index (χ2n) is 8.85. The minimum Gasteiger partial charge on any atom is -0.390 e. The molecule has 0 radical (unpaired) electrons. The van der Waals surface area contributed by atoms with Crippen molar-refractivity contribution < 1.29 is 18.7 Å². The molecular formula is C27H32F2N4O4. The molecule has 2 atom stereocenters. The predicted octanol–water partition coefficient (Wildman–Crippen LogP) is 1.75. The minimum absolute atomic E-state index is 0.0546. The first-order valence-corrected chi connectivity index (χ1v) is 12.2. The molecule has 3 aromatic rings. The van der Waals surface area contributed by atoms with Gasteiger partial charge in [-0.15, -0.1) is 0 Å². The van der Waals surface area contributed by atoms with Crippen molar-refractivity contribution in [3.63, 3.8) is 0 Å². The van der Waals surface area contributed by atoms with Crippen molar-refractivity contribution in [2.24, 2.45) is 0 Å². The van der Waals surface area contributed by atoms with E-state index in [-0.39, 0.29) is 18.5 Å². The molecule has 0 saturated carbocycles. The highest BCUT2D eigenvalue weighted by atomic mass is 19.1. The summed E-state index contributed by atoms with van der Waals surface area (Å²) in [7, 11) is 0. The number of hydrogen-bond donors (Lipinski definition) is 3. The summed E-state index contributed by atoms with van der Waals surface area (Å²) in [4.78, 5) is 37.2. The van der Waals surface area contributed by atoms with Crippen molar-refractivity contribution in [3.05, 3.63) is 104 Å². The lowest BCUT2D eigenvalue weighted by molar-refractivity contribution is -0.123. The maximum absolute atomic E-state index is 13.8. The Kier molecular flexibility index (Phi) is 9.87. The van der Waals surface area contributed by atoms with Gasteiger partial charge in [0, 0.05) is 38.1 Å². The number of amides is 1. The molecule has 3 rings (SSSR count). The number of aliphatic hydroxyl groups excluding tert-OH is 1. The molecule has 0 saturated heterocycles. The number of aromatic nitrogens is 2. The topological polar surface area (TPSA) is 105 Å². The van der Waals surface area contributed by atoms with Gasteiger partial charge in [-0.1, -0.05) is 31.2 Å². The Bertz CT molecular complexity index is 1320. The average Bonchev–Trinajstić information content (AvgIpc) is 2.86. The van der Waals surface area contributed by atoms with E-state index in [1.165, 1.54) is 22.5 Å². The van der Waals surface area contributed by atoms with E-state index < -0.39 is 47.4 Å². The van der Waals surface area contributed by atoms with E-state index in [1.54, 1.807) is 6.92 Å². The second-order valence-corrected chi connectivity index (χ2v) is 8.85. The maximum atomic E-state index is 13.8. The smallest absolute Gasteiger partial charge is 0.316 e. The lowest BCUT2D eigenvalue weighted by Crippen LogP contribution is -2.50. The highest BCUT2D eigenvalue weighted by Crippen LogP contribution is 2.12. The third-order valence-electron chi connectivity index (χ3n) is 6.06. The summed E-state index contributed by atoms with van der Waals surface area (Å²) < 4.78 is 29.7. The zero-order valence-corrected chi connectivity index (χ0v) is 20.9. The molecule has 0 aliphatic rings. The Morgan fingerprint density at radius 3 is 2.27 bits per heavy atom. The van der Waals surface area contributed by atoms with Gasteiger partial charge >= 0.3 is 11.1 Å². The van der Waals surface area contributed by atoms with E-state index in [2.05, 4.69) is 23.6 Å². The van der Waals surface area contributed by atoms with Gasteiger partial charge in [0.1, 0.15) is 18.2 Å². The van der Waals surface area contributed by atoms with Gasteiger partial charge in [0.15, 0.2) is 0 Å². The van der Waals surface area contributed by atoms with Crippen molar-refractivity contribution in [1.29, 1.82) is 0 Å². The zero-order chi connectivity index (χ0) is 26.9. The molecule has 198 valence electrons. The van der Waals surface area contributed by atoms with Crippen LogP contribution in [0.15, 0.2) is 64.4 Å². The van der Waals surface area contributed by atoms with Gasteiger partial charge in [0.2, 0.25) is 5.91 Å². The molecule has 2 aromatic carbocycles. The largest absolute Gasteiger partial charge is 0.390 e. The fourth-order valence-corrected chi connectivity index (χ4v) is 4.05. The zero-order valence-electron chi connectivity index (χ0n) is 20.9. The van der Waals surface area contributed by atoms with Crippen LogP contribution < -0.4 is 21.8 Å². The van der Waals surface area contributed by atoms with E-state index in [9.17, 15) is 28.3 Å². The van der Waals surface area contributed by atoms with E-state index in [1.807, 2.05) is 18.2 Å². The first-order chi connectivity index (χ1) is 17.7. The molecule has 1 aromatic heterocycles. The number of aliphatic hydroxyl groups is 1. The normalized spacial score (nSPS) is 12.8. The van der Waals surface area contributed by atoms with Gasteiger partial charge < -0.3 is 20.3 Å². The fraction of sp³-hybridized carbons (Fsp3) is 0.370. The molecule has 0 aliphatic heterocycles. The third-order valence-corrected chi connectivity index (χ3v) is 6.06. The summed E-state index contributed by atoms with van der Waals surface area (Å²) >= 11 is 0. The maximum Gasteiger partial charge on any atom is 0.316 e. The summed E-state index contributed by atoms with van der Waals surface area (Å²) in [6.07, 6.45) is 2.48. The van der Waals surface area contributed by atoms with Crippen LogP contribution in [-0.4, -0.2) is 38.8 Å². The van der Waals surface area contributed by atoms with E-state index in [0.717, 1.165) is 34.8 Å². The molecule has 0 unspecified atom stereocenters. The van der Waals surface area contributed by atoms with Crippen LogP contribution in [-0.2, 0) is 37.3 Å². The summed E-state index contributed by atoms with van der Waals surface area (Å²) in [5.41, 5.74) is 0.862. The lowest BCUT2D eigenvalue weighted by atomic mass is 10.0. The van der Waals surface area contributed by atoms with Crippen LogP contribution in [0.1, 0.15) is 30.5 Å². The molecule has 3 N–H and O–H groups in total. The fourth-order valence-electron chi connectivity index (χ4n) is 4.05. The number of carbonyl (C=O) groups excluding carboxylic acids is 1. The van der Waals surface area contributed by atoms with Crippen molar-refractivity contribution in [1.82, 2.24) is 19.8 Å². The van der Waals surface area contributed by atoms with Gasteiger partial charge in [0.05, 0.1) is 12.1 Å². The number of halogens is 2. The van der Waals surface area contributed by atoms with Gasteiger partial charge in [-0.05, 0) is 48.6 Å². The van der Waals surface area contributed by atoms with Crippen molar-refractivity contribution in [2.45, 2.75) is 58.5 Å². The van der Waals surface area contributed by atoms with Crippen LogP contribution in [0.3, 0.4) is 0 Å². The number of hydrogen-bond acceptors (Lipinski definition) is 5. The van der Waals surface area contributed by atoms with Crippen LogP contribution >= 0.6 is 0 Å². The Morgan fingerprint density at radius 2 is 1.59 bits per heavy atom. The van der Waals surface area contributed by atoms with Crippen molar-refractivity contribution in [2.75, 3.05) is 6.54 Å². The van der Waals surface area contributed by atoms with Crippen molar-refractivity contribution >= 4 is 5.91 Å². The first kappa shape index (κ1) is 27.9. The molecule has 0 bridgehead atoms. The van der Waals surface area contributed by atoms with Crippen LogP contribution in [0.25, 0.3) is 0 Å².